The summed E-state index contributed by atoms with van der Waals surface area (Å²) in [5.41, 5.74) is 0. The number of rotatable bonds is 0. The number of ether oxygens (including phenoxy) is 1. The molecule has 3 nitrogen and oxygen atoms in total. The highest BCUT2D eigenvalue weighted by Crippen LogP contribution is 2.41. The average Bonchev–Trinajstić information content (AvgIpc) is 2.70. The van der Waals surface area contributed by atoms with Gasteiger partial charge in [-0.05, 0) is 12.2 Å². The molecule has 0 aromatic carbocycles. The van der Waals surface area contributed by atoms with E-state index in [9.17, 15) is 9.59 Å². The Bertz CT molecular complexity index is 321. The van der Waals surface area contributed by atoms with Crippen LogP contribution in [0.2, 0.25) is 0 Å². The van der Waals surface area contributed by atoms with Crippen molar-refractivity contribution in [3.05, 3.63) is 24.3 Å². The molecule has 1 fully saturated rings. The first-order valence-electron chi connectivity index (χ1n) is 4.37. The molecule has 1 saturated heterocycles. The van der Waals surface area contributed by atoms with Crippen molar-refractivity contribution in [2.24, 2.45) is 11.8 Å². The van der Waals surface area contributed by atoms with Crippen LogP contribution in [0.1, 0.15) is 0 Å². The quantitative estimate of drug-likeness (QED) is 0.497. The molecular weight excluding hydrogens is 168 g/mol. The van der Waals surface area contributed by atoms with E-state index in [0.717, 1.165) is 0 Å². The second kappa shape index (κ2) is 2.17. The molecule has 13 heavy (non-hydrogen) atoms. The highest BCUT2D eigenvalue weighted by molar-refractivity contribution is 6.08. The Morgan fingerprint density at radius 2 is 1.38 bits per heavy atom. The monoisotopic (exact) mass is 176 g/mol. The summed E-state index contributed by atoms with van der Waals surface area (Å²) in [6.45, 7) is 0. The van der Waals surface area contributed by atoms with Gasteiger partial charge in [-0.25, -0.2) is 0 Å². The molecule has 0 saturated carbocycles. The molecule has 1 aliphatic carbocycles. The molecule has 3 heteroatoms. The summed E-state index contributed by atoms with van der Waals surface area (Å²) < 4.78 is 5.47. The van der Waals surface area contributed by atoms with Crippen molar-refractivity contribution in [3.8, 4) is 0 Å². The summed E-state index contributed by atoms with van der Waals surface area (Å²) in [4.78, 5) is 22.9. The maximum Gasteiger partial charge on any atom is 0.162 e. The van der Waals surface area contributed by atoms with E-state index in [1.54, 1.807) is 0 Å². The fourth-order valence-corrected chi connectivity index (χ4v) is 2.37. The van der Waals surface area contributed by atoms with E-state index < -0.39 is 0 Å². The Kier molecular flexibility index (Phi) is 1.21. The summed E-state index contributed by atoms with van der Waals surface area (Å²) in [7, 11) is 0. The van der Waals surface area contributed by atoms with Gasteiger partial charge in [0.1, 0.15) is 0 Å². The van der Waals surface area contributed by atoms with E-state index in [4.69, 9.17) is 4.74 Å². The molecule has 3 aliphatic rings. The molecule has 2 aliphatic heterocycles. The van der Waals surface area contributed by atoms with Gasteiger partial charge in [-0.1, -0.05) is 12.2 Å². The number of ketones is 2. The van der Waals surface area contributed by atoms with Crippen molar-refractivity contribution in [1.82, 2.24) is 0 Å². The Balaban J connectivity index is 2.09. The zero-order valence-corrected chi connectivity index (χ0v) is 6.84. The molecule has 4 atom stereocenters. The number of fused-ring (bicyclic) bond motifs is 5. The summed E-state index contributed by atoms with van der Waals surface area (Å²) in [5.74, 6) is -0.428. The smallest absolute Gasteiger partial charge is 0.162 e. The standard InChI is InChI=1S/C10H8O3/c11-5-1-2-6(12)10-8-4-3-7(13-8)9(5)10/h1-4,7-10H/t7-,8+,9-,10+. The van der Waals surface area contributed by atoms with Crippen molar-refractivity contribution >= 4 is 11.6 Å². The minimum atomic E-state index is -0.243. The van der Waals surface area contributed by atoms with Gasteiger partial charge >= 0.3 is 0 Å². The zero-order valence-electron chi connectivity index (χ0n) is 6.84. The van der Waals surface area contributed by atoms with Crippen molar-refractivity contribution in [2.75, 3.05) is 0 Å². The molecule has 3 rings (SSSR count). The first-order valence-corrected chi connectivity index (χ1v) is 4.37. The summed E-state index contributed by atoms with van der Waals surface area (Å²) in [6.07, 6.45) is 6.21. The Hall–Kier alpha value is -1.22. The molecule has 0 amide bonds. The van der Waals surface area contributed by atoms with Crippen LogP contribution in [0.5, 0.6) is 0 Å². The summed E-state index contributed by atoms with van der Waals surface area (Å²) in [5, 5.41) is 0. The highest BCUT2D eigenvalue weighted by Gasteiger charge is 2.52. The predicted octanol–water partition coefficient (Wildman–Crippen LogP) is 0.264. The van der Waals surface area contributed by atoms with Crippen LogP contribution in [-0.4, -0.2) is 23.8 Å². The van der Waals surface area contributed by atoms with Gasteiger partial charge in [0.2, 0.25) is 0 Å². The third kappa shape index (κ3) is 0.773. The lowest BCUT2D eigenvalue weighted by molar-refractivity contribution is -0.128. The second-order valence-electron chi connectivity index (χ2n) is 3.64. The molecule has 0 radical (unpaired) electrons. The third-order valence-electron chi connectivity index (χ3n) is 2.97. The van der Waals surface area contributed by atoms with Crippen LogP contribution in [0.4, 0.5) is 0 Å². The van der Waals surface area contributed by atoms with Gasteiger partial charge in [0.15, 0.2) is 11.6 Å². The fraction of sp³-hybridized carbons (Fsp3) is 0.400. The topological polar surface area (TPSA) is 43.4 Å². The second-order valence-corrected chi connectivity index (χ2v) is 3.64. The molecule has 2 bridgehead atoms. The van der Waals surface area contributed by atoms with E-state index in [-0.39, 0.29) is 35.6 Å². The molecule has 0 N–H and O–H groups in total. The molecule has 2 heterocycles. The lowest BCUT2D eigenvalue weighted by atomic mass is 9.75. The number of allylic oxidation sites excluding steroid dienone is 2. The van der Waals surface area contributed by atoms with Crippen LogP contribution in [0.3, 0.4) is 0 Å². The molecule has 66 valence electrons. The first-order chi connectivity index (χ1) is 6.27. The van der Waals surface area contributed by atoms with Gasteiger partial charge in [-0.15, -0.1) is 0 Å². The molecule has 0 aromatic rings. The lowest BCUT2D eigenvalue weighted by Gasteiger charge is -2.23. The largest absolute Gasteiger partial charge is 0.365 e. The SMILES string of the molecule is O=C1C=CC(=O)[C@H]2[C@@H]1[C@@H]1C=C[C@H]2O1. The van der Waals surface area contributed by atoms with Crippen LogP contribution in [0, 0.1) is 11.8 Å². The van der Waals surface area contributed by atoms with Gasteiger partial charge in [0.05, 0.1) is 24.0 Å². The van der Waals surface area contributed by atoms with Gasteiger partial charge in [0, 0.05) is 0 Å². The van der Waals surface area contributed by atoms with Gasteiger partial charge in [0.25, 0.3) is 0 Å². The van der Waals surface area contributed by atoms with Crippen LogP contribution < -0.4 is 0 Å². The van der Waals surface area contributed by atoms with Crippen molar-refractivity contribution < 1.29 is 14.3 Å². The van der Waals surface area contributed by atoms with E-state index in [1.807, 2.05) is 12.2 Å². The maximum absolute atomic E-state index is 11.5. The first kappa shape index (κ1) is 7.21. The third-order valence-corrected chi connectivity index (χ3v) is 2.97. The van der Waals surface area contributed by atoms with Crippen LogP contribution >= 0.6 is 0 Å². The Morgan fingerprint density at radius 3 is 1.85 bits per heavy atom. The van der Waals surface area contributed by atoms with Crippen molar-refractivity contribution in [2.45, 2.75) is 12.2 Å². The van der Waals surface area contributed by atoms with Crippen molar-refractivity contribution in [3.63, 3.8) is 0 Å². The number of carbonyl (C=O) groups excluding carboxylic acids is 2. The van der Waals surface area contributed by atoms with Crippen LogP contribution in [0.25, 0.3) is 0 Å². The molecule has 0 aromatic heterocycles. The molecule has 0 unspecified atom stereocenters. The Labute approximate surface area is 75.1 Å². The number of carbonyl (C=O) groups is 2. The minimum Gasteiger partial charge on any atom is -0.365 e. The van der Waals surface area contributed by atoms with Crippen molar-refractivity contribution in [1.29, 1.82) is 0 Å². The minimum absolute atomic E-state index is 0.0291. The van der Waals surface area contributed by atoms with Gasteiger partial charge in [-0.2, -0.15) is 0 Å². The number of hydrogen-bond donors (Lipinski definition) is 0. The van der Waals surface area contributed by atoms with E-state index in [1.165, 1.54) is 12.2 Å². The lowest BCUT2D eigenvalue weighted by Crippen LogP contribution is -2.37. The van der Waals surface area contributed by atoms with Gasteiger partial charge in [-0.3, -0.25) is 9.59 Å². The molecular formula is C10H8O3. The zero-order chi connectivity index (χ0) is 9.00. The molecule has 0 spiro atoms. The fourth-order valence-electron chi connectivity index (χ4n) is 2.37. The summed E-state index contributed by atoms with van der Waals surface area (Å²) >= 11 is 0. The predicted molar refractivity (Wildman–Crippen MR) is 43.9 cm³/mol. The maximum atomic E-state index is 11.5. The van der Waals surface area contributed by atoms with Gasteiger partial charge < -0.3 is 4.74 Å². The number of hydrogen-bond acceptors (Lipinski definition) is 3. The van der Waals surface area contributed by atoms with Crippen LogP contribution in [0.15, 0.2) is 24.3 Å². The average molecular weight is 176 g/mol. The summed E-state index contributed by atoms with van der Waals surface area (Å²) in [6, 6.07) is 0. The van der Waals surface area contributed by atoms with E-state index in [0.29, 0.717) is 0 Å². The Morgan fingerprint density at radius 1 is 0.923 bits per heavy atom. The van der Waals surface area contributed by atoms with E-state index >= 15 is 0 Å². The van der Waals surface area contributed by atoms with E-state index in [2.05, 4.69) is 0 Å². The van der Waals surface area contributed by atoms with Crippen LogP contribution in [-0.2, 0) is 14.3 Å². The highest BCUT2D eigenvalue weighted by atomic mass is 16.5. The normalized spacial score (nSPS) is 45.8.